The molecule has 0 saturated heterocycles. The second kappa shape index (κ2) is 28.1. The van der Waals surface area contributed by atoms with E-state index < -0.39 is 19.1 Å². The molecule has 0 aliphatic rings. The van der Waals surface area contributed by atoms with Crippen molar-refractivity contribution in [1.82, 2.24) is 0 Å². The third kappa shape index (κ3) is 26.9. The van der Waals surface area contributed by atoms with Crippen LogP contribution in [0.3, 0.4) is 0 Å². The lowest BCUT2D eigenvalue weighted by Crippen LogP contribution is -2.18. The third-order valence-corrected chi connectivity index (χ3v) is 13.2. The van der Waals surface area contributed by atoms with Gasteiger partial charge in [0.25, 0.3) is 0 Å². The number of phenols is 2. The highest BCUT2D eigenvalue weighted by Gasteiger charge is 2.36. The largest absolute Gasteiger partial charge is 0.647 e. The number of rotatable bonds is 8. The third-order valence-electron chi connectivity index (χ3n) is 11.1. The van der Waals surface area contributed by atoms with Crippen molar-refractivity contribution in [3.8, 4) is 34.5 Å². The molecule has 0 aliphatic heterocycles. The molecular formula is C60H80Cl5O9P3. The van der Waals surface area contributed by atoms with Gasteiger partial charge in [0.2, 0.25) is 0 Å². The molecule has 6 rings (SSSR count). The molecule has 6 aromatic rings. The van der Waals surface area contributed by atoms with E-state index in [4.69, 9.17) is 45.7 Å². The van der Waals surface area contributed by atoms with Gasteiger partial charge >= 0.3 is 19.1 Å². The molecule has 0 fully saturated rings. The van der Waals surface area contributed by atoms with Crippen molar-refractivity contribution < 1.29 is 42.0 Å². The van der Waals surface area contributed by atoms with Gasteiger partial charge in [0, 0.05) is 33.6 Å². The molecular weight excluding hydrogens is 1130 g/mol. The Morgan fingerprint density at radius 3 is 0.909 bits per heavy atom. The molecule has 0 aromatic heterocycles. The Balaban J connectivity index is 0.000000375. The van der Waals surface area contributed by atoms with Crippen LogP contribution in [-0.2, 0) is 46.2 Å². The first-order valence-corrected chi connectivity index (χ1v) is 34.2. The molecule has 424 valence electrons. The summed E-state index contributed by atoms with van der Waals surface area (Å²) in [6.07, 6.45) is -3.60. The van der Waals surface area contributed by atoms with Gasteiger partial charge in [-0.15, -0.1) is 0 Å². The van der Waals surface area contributed by atoms with Crippen molar-refractivity contribution in [3.63, 3.8) is 0 Å². The van der Waals surface area contributed by atoms with Crippen LogP contribution in [0.1, 0.15) is 158 Å². The summed E-state index contributed by atoms with van der Waals surface area (Å²) in [6.45, 7) is 38.3. The SMILES string of the molecule is CC(C)(C)c1ccc(O)c(C(C)(C)C)c1.CC(C)(C)c1ccc(OP(=O)(Cl)Cl)c(C(C)(C)C)c1.CC(C)(C)c1ccc(OP(=O)(Oc2ccccc2)Oc2ccccc2)c(C(C)(C)C)c1.O=P(Cl)(Cl)Cl.Oc1ccccc1. The van der Waals surface area contributed by atoms with E-state index in [0.717, 1.165) is 16.7 Å². The van der Waals surface area contributed by atoms with Gasteiger partial charge in [-0.05, 0) is 143 Å². The Morgan fingerprint density at radius 1 is 0.351 bits per heavy atom. The average molecular weight is 1220 g/mol. The molecule has 77 heavy (non-hydrogen) atoms. The van der Waals surface area contributed by atoms with E-state index in [-0.39, 0.29) is 32.5 Å². The first kappa shape index (κ1) is 69.4. The Labute approximate surface area is 484 Å². The molecule has 0 saturated carbocycles. The molecule has 9 nitrogen and oxygen atoms in total. The summed E-state index contributed by atoms with van der Waals surface area (Å²) < 4.78 is 57.6. The Bertz CT molecular complexity index is 2870. The van der Waals surface area contributed by atoms with Crippen molar-refractivity contribution in [1.29, 1.82) is 0 Å². The minimum Gasteiger partial charge on any atom is -0.508 e. The zero-order valence-electron chi connectivity index (χ0n) is 47.8. The summed E-state index contributed by atoms with van der Waals surface area (Å²) in [5, 5.41) is 15.2. The number of phenolic OH excluding ortho intramolecular Hbond substituents is 2. The lowest BCUT2D eigenvalue weighted by atomic mass is 9.80. The van der Waals surface area contributed by atoms with E-state index in [1.54, 1.807) is 84.9 Å². The van der Waals surface area contributed by atoms with Gasteiger partial charge < -0.3 is 28.3 Å². The van der Waals surface area contributed by atoms with Crippen molar-refractivity contribution in [2.45, 2.75) is 157 Å². The number of phosphoric ester groups is 1. The smallest absolute Gasteiger partial charge is 0.508 e. The zero-order valence-corrected chi connectivity index (χ0v) is 54.3. The second-order valence-corrected chi connectivity index (χ2v) is 36.5. The fourth-order valence-electron chi connectivity index (χ4n) is 6.87. The standard InChI is InChI=1S/C26H31O4P.C14H21Cl2O2P.C14H22O.C6H6O.Cl3OP/c1-25(2,3)20-17-18-24(23(19-20)26(4,5)6)30-31(27,28-21-13-9-7-10-14-21)29-22-15-11-8-12-16-22;1-13(2,3)10-7-8-12(18-19(15,16)17)11(9-10)14(4,5)6;1-13(2,3)10-7-8-12(15)11(9-10)14(4,5)6;7-6-4-2-1-3-5-6;1-5(2,3)4/h7-19H,1-6H3;7-9H,1-6H3;7-9,15H,1-6H3;1-5,7H;. The van der Waals surface area contributed by atoms with Crippen molar-refractivity contribution in [2.75, 3.05) is 0 Å². The number of hydrogen-bond acceptors (Lipinski definition) is 9. The van der Waals surface area contributed by atoms with Crippen LogP contribution in [0.15, 0.2) is 146 Å². The molecule has 0 atom stereocenters. The van der Waals surface area contributed by atoms with Crippen molar-refractivity contribution >= 4 is 75.3 Å². The van der Waals surface area contributed by atoms with Crippen LogP contribution in [0.4, 0.5) is 0 Å². The first-order chi connectivity index (χ1) is 34.8. The summed E-state index contributed by atoms with van der Waals surface area (Å²) in [7, 11) is -4.04. The Hall–Kier alpha value is -3.74. The predicted octanol–water partition coefficient (Wildman–Crippen LogP) is 22.4. The van der Waals surface area contributed by atoms with Gasteiger partial charge in [-0.3, -0.25) is 4.57 Å². The van der Waals surface area contributed by atoms with E-state index >= 15 is 0 Å². The van der Waals surface area contributed by atoms with E-state index in [2.05, 4.69) is 177 Å². The molecule has 0 heterocycles. The number of hydrogen-bond donors (Lipinski definition) is 2. The van der Waals surface area contributed by atoms with E-state index in [0.29, 0.717) is 34.5 Å². The van der Waals surface area contributed by atoms with Gasteiger partial charge in [-0.2, -0.15) is 4.57 Å². The predicted molar refractivity (Wildman–Crippen MR) is 329 cm³/mol. The zero-order chi connectivity index (χ0) is 59.2. The number of para-hydroxylation sites is 3. The van der Waals surface area contributed by atoms with Gasteiger partial charge in [0.05, 0.1) is 0 Å². The number of halogens is 5. The van der Waals surface area contributed by atoms with Gasteiger partial charge in [0.1, 0.15) is 34.5 Å². The van der Waals surface area contributed by atoms with Crippen molar-refractivity contribution in [2.24, 2.45) is 0 Å². The Kier molecular flexibility index (Phi) is 25.3. The number of benzene rings is 6. The minimum absolute atomic E-state index is 0.00859. The number of phosphoric acid groups is 1. The minimum atomic E-state index is -4.04. The maximum Gasteiger partial charge on any atom is 0.647 e. The summed E-state index contributed by atoms with van der Waals surface area (Å²) in [5.41, 5.74) is 6.28. The topological polar surface area (TPSA) is 129 Å². The van der Waals surface area contributed by atoms with Gasteiger partial charge in [-0.1, -0.05) is 216 Å². The fraction of sp³-hybridized carbons (Fsp3) is 0.400. The fourth-order valence-corrected chi connectivity index (χ4v) is 8.97. The molecule has 2 N–H and O–H groups in total. The summed E-state index contributed by atoms with van der Waals surface area (Å²) in [6, 6.07) is 44.3. The molecule has 0 unspecified atom stereocenters. The highest BCUT2D eigenvalue weighted by molar-refractivity contribution is 8.24. The summed E-state index contributed by atoms with van der Waals surface area (Å²) in [5.74, 6) is 2.50. The van der Waals surface area contributed by atoms with Gasteiger partial charge in [0.15, 0.2) is 0 Å². The maximum atomic E-state index is 13.8. The van der Waals surface area contributed by atoms with Crippen LogP contribution in [0.5, 0.6) is 34.5 Å². The number of aromatic hydroxyl groups is 2. The van der Waals surface area contributed by atoms with Gasteiger partial charge in [-0.25, -0.2) is 4.57 Å². The van der Waals surface area contributed by atoms with Crippen LogP contribution in [-0.4, -0.2) is 10.2 Å². The molecule has 0 spiro atoms. The Morgan fingerprint density at radius 2 is 0.636 bits per heavy atom. The first-order valence-electron chi connectivity index (χ1n) is 24.8. The second-order valence-electron chi connectivity index (χ2n) is 24.2. The highest BCUT2D eigenvalue weighted by Crippen LogP contribution is 2.61. The molecule has 0 amide bonds. The quantitative estimate of drug-likeness (QED) is 0.143. The highest BCUT2D eigenvalue weighted by atomic mass is 36.0. The molecule has 0 aliphatic carbocycles. The maximum absolute atomic E-state index is 13.8. The van der Waals surface area contributed by atoms with Crippen LogP contribution in [0, 0.1) is 0 Å². The molecule has 0 bridgehead atoms. The van der Waals surface area contributed by atoms with Crippen LogP contribution >= 0.6 is 75.3 Å². The normalized spacial score (nSPS) is 12.4. The molecule has 17 heteroatoms. The lowest BCUT2D eigenvalue weighted by molar-refractivity contribution is 0.295. The van der Waals surface area contributed by atoms with E-state index in [9.17, 15) is 18.8 Å². The van der Waals surface area contributed by atoms with E-state index in [1.807, 2.05) is 42.5 Å². The van der Waals surface area contributed by atoms with E-state index in [1.165, 1.54) is 16.7 Å². The summed E-state index contributed by atoms with van der Waals surface area (Å²) >= 11 is 24.9. The van der Waals surface area contributed by atoms with Crippen LogP contribution in [0.2, 0.25) is 0 Å². The summed E-state index contributed by atoms with van der Waals surface area (Å²) in [4.78, 5) is 0. The monoisotopic (exact) mass is 1210 g/mol. The van der Waals surface area contributed by atoms with Crippen LogP contribution < -0.4 is 18.1 Å². The molecule has 6 aromatic carbocycles. The van der Waals surface area contributed by atoms with Crippen LogP contribution in [0.25, 0.3) is 0 Å². The lowest BCUT2D eigenvalue weighted by Gasteiger charge is -2.28. The molecule has 0 radical (unpaired) electrons. The average Bonchev–Trinajstić information content (AvgIpc) is 3.25. The van der Waals surface area contributed by atoms with Crippen molar-refractivity contribution in [3.05, 3.63) is 179 Å².